The van der Waals surface area contributed by atoms with E-state index in [2.05, 4.69) is 15.9 Å². The summed E-state index contributed by atoms with van der Waals surface area (Å²) >= 11 is 3.36. The van der Waals surface area contributed by atoms with E-state index in [4.69, 9.17) is 4.74 Å². The first kappa shape index (κ1) is 14.5. The average molecular weight is 343 g/mol. The number of hydrogen-bond acceptors (Lipinski definition) is 2. The fourth-order valence-electron chi connectivity index (χ4n) is 3.70. The number of rotatable bonds is 2. The van der Waals surface area contributed by atoms with Gasteiger partial charge in [0, 0.05) is 11.1 Å². The minimum Gasteiger partial charge on any atom is -0.388 e. The molecule has 2 unspecified atom stereocenters. The van der Waals surface area contributed by atoms with Crippen LogP contribution in [-0.2, 0) is 4.74 Å². The number of benzene rings is 1. The van der Waals surface area contributed by atoms with Crippen molar-refractivity contribution >= 4 is 15.9 Å². The first-order chi connectivity index (χ1) is 9.60. The van der Waals surface area contributed by atoms with Crippen molar-refractivity contribution in [3.8, 4) is 0 Å². The Hall–Kier alpha value is -0.450. The molecule has 0 radical (unpaired) electrons. The zero-order valence-electron chi connectivity index (χ0n) is 11.4. The van der Waals surface area contributed by atoms with E-state index in [9.17, 15) is 9.50 Å². The quantitative estimate of drug-likeness (QED) is 0.865. The molecule has 1 aliphatic carbocycles. The van der Waals surface area contributed by atoms with Gasteiger partial charge in [0.1, 0.15) is 5.82 Å². The molecule has 1 aromatic rings. The van der Waals surface area contributed by atoms with E-state index < -0.39 is 6.10 Å². The van der Waals surface area contributed by atoms with Gasteiger partial charge >= 0.3 is 0 Å². The zero-order chi connectivity index (χ0) is 14.2. The molecule has 1 saturated carbocycles. The van der Waals surface area contributed by atoms with Gasteiger partial charge in [-0.3, -0.25) is 0 Å². The summed E-state index contributed by atoms with van der Waals surface area (Å²) in [5.41, 5.74) is 0.780. The van der Waals surface area contributed by atoms with Crippen molar-refractivity contribution in [2.45, 2.75) is 50.2 Å². The van der Waals surface area contributed by atoms with E-state index in [1.165, 1.54) is 25.0 Å². The Kier molecular flexibility index (Phi) is 4.16. The predicted molar refractivity (Wildman–Crippen MR) is 78.9 cm³/mol. The van der Waals surface area contributed by atoms with Crippen LogP contribution in [0.1, 0.15) is 50.2 Å². The van der Waals surface area contributed by atoms with Crippen LogP contribution in [0.15, 0.2) is 22.7 Å². The Morgan fingerprint density at radius 2 is 2.10 bits per heavy atom. The van der Waals surface area contributed by atoms with Gasteiger partial charge in [-0.05, 0) is 49.3 Å². The molecule has 2 fully saturated rings. The van der Waals surface area contributed by atoms with Crippen molar-refractivity contribution < 1.29 is 14.2 Å². The van der Waals surface area contributed by atoms with E-state index in [1.807, 2.05) is 0 Å². The standard InChI is InChI=1S/C16H20BrFO2/c17-14-9-12(18)3-4-13(14)15(19)11-5-8-20-16(10-11)6-1-2-7-16/h3-4,9,11,15,19H,1-2,5-8,10H2. The molecule has 1 aromatic carbocycles. The molecule has 1 spiro atoms. The maximum atomic E-state index is 13.2. The summed E-state index contributed by atoms with van der Waals surface area (Å²) in [5, 5.41) is 10.7. The van der Waals surface area contributed by atoms with E-state index in [1.54, 1.807) is 6.07 Å². The van der Waals surface area contributed by atoms with Gasteiger partial charge in [0.05, 0.1) is 11.7 Å². The van der Waals surface area contributed by atoms with Gasteiger partial charge in [-0.2, -0.15) is 0 Å². The summed E-state index contributed by atoms with van der Waals surface area (Å²) in [6, 6.07) is 4.51. The van der Waals surface area contributed by atoms with Crippen molar-refractivity contribution in [1.82, 2.24) is 0 Å². The molecule has 0 amide bonds. The maximum Gasteiger partial charge on any atom is 0.124 e. The zero-order valence-corrected chi connectivity index (χ0v) is 13.0. The third-order valence-corrected chi connectivity index (χ3v) is 5.46. The van der Waals surface area contributed by atoms with Crippen molar-refractivity contribution in [1.29, 1.82) is 0 Å². The first-order valence-electron chi connectivity index (χ1n) is 7.37. The molecule has 2 aliphatic rings. The number of ether oxygens (including phenoxy) is 1. The largest absolute Gasteiger partial charge is 0.388 e. The van der Waals surface area contributed by atoms with Crippen LogP contribution in [0.2, 0.25) is 0 Å². The fourth-order valence-corrected chi connectivity index (χ4v) is 4.28. The predicted octanol–water partition coefficient (Wildman–Crippen LogP) is 4.36. The molecule has 1 saturated heterocycles. The Labute approximate surface area is 127 Å². The van der Waals surface area contributed by atoms with Crippen molar-refractivity contribution in [3.63, 3.8) is 0 Å². The van der Waals surface area contributed by atoms with Crippen LogP contribution in [0.4, 0.5) is 4.39 Å². The second-order valence-electron chi connectivity index (χ2n) is 6.10. The molecule has 0 bridgehead atoms. The summed E-state index contributed by atoms with van der Waals surface area (Å²) in [5.74, 6) is -0.0873. The van der Waals surface area contributed by atoms with E-state index in [0.29, 0.717) is 4.47 Å². The Bertz CT molecular complexity index is 485. The molecular formula is C16H20BrFO2. The molecular weight excluding hydrogens is 323 g/mol. The van der Waals surface area contributed by atoms with Gasteiger partial charge < -0.3 is 9.84 Å². The highest BCUT2D eigenvalue weighted by molar-refractivity contribution is 9.10. The highest BCUT2D eigenvalue weighted by Crippen LogP contribution is 2.46. The van der Waals surface area contributed by atoms with Crippen LogP contribution < -0.4 is 0 Å². The lowest BCUT2D eigenvalue weighted by atomic mass is 9.80. The smallest absolute Gasteiger partial charge is 0.124 e. The second kappa shape index (κ2) is 5.74. The summed E-state index contributed by atoms with van der Waals surface area (Å²) in [4.78, 5) is 0. The van der Waals surface area contributed by atoms with Crippen LogP contribution >= 0.6 is 15.9 Å². The molecule has 20 heavy (non-hydrogen) atoms. The summed E-state index contributed by atoms with van der Waals surface area (Å²) < 4.78 is 19.8. The molecule has 4 heteroatoms. The molecule has 1 N–H and O–H groups in total. The highest BCUT2D eigenvalue weighted by Gasteiger charge is 2.42. The van der Waals surface area contributed by atoms with E-state index >= 15 is 0 Å². The number of aliphatic hydroxyl groups is 1. The lowest BCUT2D eigenvalue weighted by Gasteiger charge is -2.40. The molecule has 0 aromatic heterocycles. The van der Waals surface area contributed by atoms with Gasteiger partial charge in [0.15, 0.2) is 0 Å². The van der Waals surface area contributed by atoms with Gasteiger partial charge in [-0.25, -0.2) is 4.39 Å². The fraction of sp³-hybridized carbons (Fsp3) is 0.625. The van der Waals surface area contributed by atoms with Gasteiger partial charge in [-0.1, -0.05) is 34.8 Å². The molecule has 2 atom stereocenters. The topological polar surface area (TPSA) is 29.5 Å². The second-order valence-corrected chi connectivity index (χ2v) is 6.96. The third-order valence-electron chi connectivity index (χ3n) is 4.77. The molecule has 1 aliphatic heterocycles. The Morgan fingerprint density at radius 3 is 2.80 bits per heavy atom. The van der Waals surface area contributed by atoms with Crippen LogP contribution in [0.25, 0.3) is 0 Å². The van der Waals surface area contributed by atoms with Crippen molar-refractivity contribution in [3.05, 3.63) is 34.1 Å². The van der Waals surface area contributed by atoms with Crippen LogP contribution in [0.3, 0.4) is 0 Å². The monoisotopic (exact) mass is 342 g/mol. The molecule has 1 heterocycles. The van der Waals surface area contributed by atoms with Crippen molar-refractivity contribution in [2.24, 2.45) is 5.92 Å². The lowest BCUT2D eigenvalue weighted by molar-refractivity contribution is -0.113. The van der Waals surface area contributed by atoms with Gasteiger partial charge in [0.2, 0.25) is 0 Å². The normalized spacial score (nSPS) is 26.9. The summed E-state index contributed by atoms with van der Waals surface area (Å²) in [6.07, 6.45) is 5.91. The molecule has 110 valence electrons. The van der Waals surface area contributed by atoms with E-state index in [-0.39, 0.29) is 17.3 Å². The molecule has 2 nitrogen and oxygen atoms in total. The summed E-state index contributed by atoms with van der Waals surface area (Å²) in [6.45, 7) is 0.723. The SMILES string of the molecule is OC(c1ccc(F)cc1Br)C1CCOC2(CCCC2)C1. The number of halogens is 2. The third kappa shape index (κ3) is 2.78. The first-order valence-corrected chi connectivity index (χ1v) is 8.16. The maximum absolute atomic E-state index is 13.2. The van der Waals surface area contributed by atoms with Crippen LogP contribution in [0.5, 0.6) is 0 Å². The number of aliphatic hydroxyl groups excluding tert-OH is 1. The summed E-state index contributed by atoms with van der Waals surface area (Å²) in [7, 11) is 0. The molecule has 3 rings (SSSR count). The highest BCUT2D eigenvalue weighted by atomic mass is 79.9. The van der Waals surface area contributed by atoms with Crippen LogP contribution in [0, 0.1) is 11.7 Å². The minimum absolute atomic E-state index is 0.00357. The van der Waals surface area contributed by atoms with Crippen LogP contribution in [-0.4, -0.2) is 17.3 Å². The van der Waals surface area contributed by atoms with Gasteiger partial charge in [-0.15, -0.1) is 0 Å². The van der Waals surface area contributed by atoms with Gasteiger partial charge in [0.25, 0.3) is 0 Å². The Morgan fingerprint density at radius 1 is 1.35 bits per heavy atom. The average Bonchev–Trinajstić information content (AvgIpc) is 2.86. The Balaban J connectivity index is 1.77. The van der Waals surface area contributed by atoms with E-state index in [0.717, 1.165) is 37.9 Å². The minimum atomic E-state index is -0.550. The lowest BCUT2D eigenvalue weighted by Crippen LogP contribution is -2.39. The number of hydrogen-bond donors (Lipinski definition) is 1. The van der Waals surface area contributed by atoms with Crippen molar-refractivity contribution in [2.75, 3.05) is 6.61 Å².